The molecule has 1 saturated heterocycles. The summed E-state index contributed by atoms with van der Waals surface area (Å²) in [4.78, 5) is 27.0. The smallest absolute Gasteiger partial charge is 0.245 e. The van der Waals surface area contributed by atoms with Gasteiger partial charge in [0.05, 0.1) is 6.42 Å². The fourth-order valence-corrected chi connectivity index (χ4v) is 3.17. The van der Waals surface area contributed by atoms with Crippen molar-refractivity contribution in [3.63, 3.8) is 0 Å². The second-order valence-corrected chi connectivity index (χ2v) is 7.10. The number of benzene rings is 1. The number of hydrogen-bond acceptors (Lipinski definition) is 3. The molecule has 1 fully saturated rings. The molecule has 2 unspecified atom stereocenters. The van der Waals surface area contributed by atoms with Crippen molar-refractivity contribution < 1.29 is 9.59 Å². The zero-order valence-corrected chi connectivity index (χ0v) is 14.8. The highest BCUT2D eigenvalue weighted by molar-refractivity contribution is 5.88. The molecular formula is C19H29N3O2. The highest BCUT2D eigenvalue weighted by Gasteiger charge is 2.37. The third-order valence-electron chi connectivity index (χ3n) is 4.78. The summed E-state index contributed by atoms with van der Waals surface area (Å²) in [7, 11) is 0. The molecule has 2 amide bonds. The second kappa shape index (κ2) is 8.29. The van der Waals surface area contributed by atoms with Crippen LogP contribution in [0.3, 0.4) is 0 Å². The third-order valence-corrected chi connectivity index (χ3v) is 4.78. The summed E-state index contributed by atoms with van der Waals surface area (Å²) >= 11 is 0. The Labute approximate surface area is 144 Å². The van der Waals surface area contributed by atoms with Gasteiger partial charge >= 0.3 is 0 Å². The maximum absolute atomic E-state index is 12.8. The maximum Gasteiger partial charge on any atom is 0.245 e. The van der Waals surface area contributed by atoms with Crippen LogP contribution in [-0.2, 0) is 16.0 Å². The number of carbonyl (C=O) groups is 2. The van der Waals surface area contributed by atoms with Crippen LogP contribution in [0.25, 0.3) is 0 Å². The van der Waals surface area contributed by atoms with E-state index in [0.29, 0.717) is 25.9 Å². The number of nitrogens with one attached hydrogen (secondary N) is 1. The molecule has 1 aromatic carbocycles. The molecule has 0 aliphatic carbocycles. The van der Waals surface area contributed by atoms with Crippen LogP contribution in [-0.4, -0.2) is 42.4 Å². The predicted octanol–water partition coefficient (Wildman–Crippen LogP) is 1.71. The average Bonchev–Trinajstić information content (AvgIpc) is 2.98. The van der Waals surface area contributed by atoms with E-state index in [4.69, 9.17) is 5.73 Å². The van der Waals surface area contributed by atoms with E-state index < -0.39 is 6.04 Å². The number of rotatable bonds is 7. The van der Waals surface area contributed by atoms with Crippen molar-refractivity contribution in [3.05, 3.63) is 35.9 Å². The van der Waals surface area contributed by atoms with E-state index in [1.807, 2.05) is 42.2 Å². The molecule has 0 radical (unpaired) electrons. The zero-order valence-electron chi connectivity index (χ0n) is 14.8. The molecule has 2 atom stereocenters. The Hall–Kier alpha value is -1.88. The van der Waals surface area contributed by atoms with Crippen LogP contribution >= 0.6 is 0 Å². The number of nitrogens with two attached hydrogens (primary N) is 1. The summed E-state index contributed by atoms with van der Waals surface area (Å²) in [5, 5.41) is 2.93. The van der Waals surface area contributed by atoms with Gasteiger partial charge in [-0.3, -0.25) is 9.59 Å². The van der Waals surface area contributed by atoms with E-state index in [0.717, 1.165) is 24.9 Å². The lowest BCUT2D eigenvalue weighted by Crippen LogP contribution is -2.49. The molecule has 0 spiro atoms. The summed E-state index contributed by atoms with van der Waals surface area (Å²) in [6.07, 6.45) is 2.74. The Morgan fingerprint density at radius 2 is 2.04 bits per heavy atom. The monoisotopic (exact) mass is 331 g/mol. The minimum Gasteiger partial charge on any atom is -0.344 e. The molecule has 24 heavy (non-hydrogen) atoms. The van der Waals surface area contributed by atoms with E-state index in [2.05, 4.69) is 12.2 Å². The van der Waals surface area contributed by atoms with Crippen molar-refractivity contribution in [1.82, 2.24) is 10.2 Å². The summed E-state index contributed by atoms with van der Waals surface area (Å²) in [6, 6.07) is 9.15. The summed E-state index contributed by atoms with van der Waals surface area (Å²) in [6.45, 7) is 6.12. The Morgan fingerprint density at radius 1 is 1.33 bits per heavy atom. The molecule has 5 heteroatoms. The Bertz CT molecular complexity index is 561. The highest BCUT2D eigenvalue weighted by atomic mass is 16.2. The molecule has 0 saturated carbocycles. The van der Waals surface area contributed by atoms with Crippen molar-refractivity contribution in [2.45, 2.75) is 45.6 Å². The zero-order chi connectivity index (χ0) is 17.6. The summed E-state index contributed by atoms with van der Waals surface area (Å²) in [5.41, 5.74) is 6.78. The van der Waals surface area contributed by atoms with Gasteiger partial charge in [0.1, 0.15) is 6.04 Å². The first-order chi connectivity index (χ1) is 11.5. The molecule has 5 nitrogen and oxygen atoms in total. The first-order valence-electron chi connectivity index (χ1n) is 8.79. The number of hydrogen-bond donors (Lipinski definition) is 2. The molecule has 2 rings (SSSR count). The van der Waals surface area contributed by atoms with Crippen LogP contribution in [0, 0.1) is 5.41 Å². The molecule has 0 bridgehead atoms. The van der Waals surface area contributed by atoms with Gasteiger partial charge in [0.25, 0.3) is 0 Å². The van der Waals surface area contributed by atoms with Gasteiger partial charge in [0.15, 0.2) is 0 Å². The third kappa shape index (κ3) is 4.81. The van der Waals surface area contributed by atoms with Crippen molar-refractivity contribution in [3.8, 4) is 0 Å². The fraction of sp³-hybridized carbons (Fsp3) is 0.579. The van der Waals surface area contributed by atoms with E-state index in [1.54, 1.807) is 0 Å². The van der Waals surface area contributed by atoms with Gasteiger partial charge in [0, 0.05) is 13.1 Å². The molecule has 1 heterocycles. The first-order valence-corrected chi connectivity index (χ1v) is 8.79. The van der Waals surface area contributed by atoms with Crippen LogP contribution < -0.4 is 11.1 Å². The Morgan fingerprint density at radius 3 is 2.62 bits per heavy atom. The minimum atomic E-state index is -0.439. The molecule has 1 aliphatic rings. The van der Waals surface area contributed by atoms with Crippen LogP contribution in [0.4, 0.5) is 0 Å². The minimum absolute atomic E-state index is 0.000468. The van der Waals surface area contributed by atoms with Gasteiger partial charge in [-0.1, -0.05) is 50.6 Å². The second-order valence-electron chi connectivity index (χ2n) is 7.10. The van der Waals surface area contributed by atoms with Gasteiger partial charge in [-0.2, -0.15) is 0 Å². The quantitative estimate of drug-likeness (QED) is 0.799. The molecule has 0 aromatic heterocycles. The van der Waals surface area contributed by atoms with E-state index in [1.165, 1.54) is 0 Å². The molecule has 3 N–H and O–H groups in total. The normalized spacial score (nSPS) is 21.5. The van der Waals surface area contributed by atoms with E-state index >= 15 is 0 Å². The highest BCUT2D eigenvalue weighted by Crippen LogP contribution is 2.29. The molecule has 1 aromatic rings. The number of likely N-dealkylation sites (tertiary alicyclic amines) is 1. The number of nitrogens with zero attached hydrogens (tertiary/aromatic N) is 1. The van der Waals surface area contributed by atoms with Crippen LogP contribution in [0.5, 0.6) is 0 Å². The predicted molar refractivity (Wildman–Crippen MR) is 95.3 cm³/mol. The lowest BCUT2D eigenvalue weighted by atomic mass is 9.90. The van der Waals surface area contributed by atoms with E-state index in [9.17, 15) is 9.59 Å². The van der Waals surface area contributed by atoms with Gasteiger partial charge in [-0.05, 0) is 30.4 Å². The molecule has 132 valence electrons. The molecule has 1 aliphatic heterocycles. The van der Waals surface area contributed by atoms with Crippen molar-refractivity contribution >= 4 is 11.8 Å². The fourth-order valence-electron chi connectivity index (χ4n) is 3.17. The van der Waals surface area contributed by atoms with Crippen LogP contribution in [0.1, 0.15) is 38.7 Å². The first kappa shape index (κ1) is 18.5. The summed E-state index contributed by atoms with van der Waals surface area (Å²) in [5.74, 6) is -0.0794. The van der Waals surface area contributed by atoms with Crippen molar-refractivity contribution in [2.24, 2.45) is 11.1 Å². The maximum atomic E-state index is 12.8. The van der Waals surface area contributed by atoms with Gasteiger partial charge in [0.2, 0.25) is 11.8 Å². The van der Waals surface area contributed by atoms with Gasteiger partial charge < -0.3 is 16.0 Å². The van der Waals surface area contributed by atoms with E-state index in [-0.39, 0.29) is 17.2 Å². The lowest BCUT2D eigenvalue weighted by Gasteiger charge is -2.26. The van der Waals surface area contributed by atoms with Gasteiger partial charge in [-0.25, -0.2) is 0 Å². The number of amides is 2. The Kier molecular flexibility index (Phi) is 6.37. The van der Waals surface area contributed by atoms with Crippen LogP contribution in [0.2, 0.25) is 0 Å². The Balaban J connectivity index is 1.96. The molecular weight excluding hydrogens is 302 g/mol. The summed E-state index contributed by atoms with van der Waals surface area (Å²) < 4.78 is 0. The number of carbonyl (C=O) groups excluding carboxylic acids is 2. The lowest BCUT2D eigenvalue weighted by molar-refractivity contribution is -0.136. The topological polar surface area (TPSA) is 75.4 Å². The van der Waals surface area contributed by atoms with Crippen LogP contribution in [0.15, 0.2) is 30.3 Å². The average molecular weight is 331 g/mol. The van der Waals surface area contributed by atoms with Crippen molar-refractivity contribution in [1.29, 1.82) is 0 Å². The largest absolute Gasteiger partial charge is 0.344 e. The standard InChI is InChI=1S/C19H29N3O2/c1-3-7-16(18(24)22-11-10-19(2,13-20)14-22)21-17(23)12-15-8-5-4-6-9-15/h4-6,8-9,16H,3,7,10-14,20H2,1-2H3,(H,21,23). The van der Waals surface area contributed by atoms with Gasteiger partial charge in [-0.15, -0.1) is 0 Å². The van der Waals surface area contributed by atoms with Crippen molar-refractivity contribution in [2.75, 3.05) is 19.6 Å². The SMILES string of the molecule is CCCC(NC(=O)Cc1ccccc1)C(=O)N1CCC(C)(CN)C1.